The monoisotopic (exact) mass is 881 g/mol. The minimum Gasteiger partial charge on any atom is -0.462 e. The third-order valence-corrected chi connectivity index (χ3v) is 11.5. The molecule has 0 aliphatic heterocycles. The third-order valence-electron chi connectivity index (χ3n) is 11.5. The summed E-state index contributed by atoms with van der Waals surface area (Å²) in [4.78, 5) is 38.0. The Labute approximate surface area is 390 Å². The van der Waals surface area contributed by atoms with E-state index in [9.17, 15) is 14.4 Å². The van der Waals surface area contributed by atoms with Crippen molar-refractivity contribution in [3.8, 4) is 0 Å². The van der Waals surface area contributed by atoms with Gasteiger partial charge in [0.25, 0.3) is 0 Å². The molecule has 0 heterocycles. The molecule has 63 heavy (non-hydrogen) atoms. The molecule has 0 saturated heterocycles. The molecule has 0 radical (unpaired) electrons. The molecular formula is C57H100O6. The van der Waals surface area contributed by atoms with Crippen LogP contribution in [0.5, 0.6) is 0 Å². The van der Waals surface area contributed by atoms with Crippen LogP contribution in [0.3, 0.4) is 0 Å². The van der Waals surface area contributed by atoms with Crippen molar-refractivity contribution in [1.82, 2.24) is 0 Å². The smallest absolute Gasteiger partial charge is 0.306 e. The molecule has 0 aromatic carbocycles. The lowest BCUT2D eigenvalue weighted by Crippen LogP contribution is -2.30. The zero-order valence-electron chi connectivity index (χ0n) is 41.6. The lowest BCUT2D eigenvalue weighted by molar-refractivity contribution is -0.167. The van der Waals surface area contributed by atoms with Crippen LogP contribution in [0.25, 0.3) is 0 Å². The third kappa shape index (κ3) is 50.0. The average Bonchev–Trinajstić information content (AvgIpc) is 3.28. The summed E-state index contributed by atoms with van der Waals surface area (Å²) in [6, 6.07) is 0. The molecule has 6 nitrogen and oxygen atoms in total. The Kier molecular flexibility index (Phi) is 49.4. The fourth-order valence-electron chi connectivity index (χ4n) is 7.47. The van der Waals surface area contributed by atoms with E-state index in [4.69, 9.17) is 14.2 Å². The summed E-state index contributed by atoms with van der Waals surface area (Å²) in [5.41, 5.74) is 0. The average molecular weight is 881 g/mol. The van der Waals surface area contributed by atoms with Crippen LogP contribution in [-0.2, 0) is 28.6 Å². The molecule has 0 spiro atoms. The lowest BCUT2D eigenvalue weighted by Gasteiger charge is -2.18. The molecule has 0 aliphatic carbocycles. The zero-order valence-corrected chi connectivity index (χ0v) is 41.6. The summed E-state index contributed by atoms with van der Waals surface area (Å²) in [6.45, 7) is 6.48. The van der Waals surface area contributed by atoms with Crippen molar-refractivity contribution in [2.45, 2.75) is 271 Å². The molecule has 364 valence electrons. The number of unbranched alkanes of at least 4 members (excludes halogenated alkanes) is 27. The van der Waals surface area contributed by atoms with Gasteiger partial charge in [-0.2, -0.15) is 0 Å². The molecule has 1 atom stereocenters. The molecule has 0 N–H and O–H groups in total. The van der Waals surface area contributed by atoms with Crippen molar-refractivity contribution in [3.63, 3.8) is 0 Å². The standard InChI is InChI=1S/C57H100O6/c1-4-7-10-13-16-19-22-24-26-28-30-32-35-38-41-44-47-50-56(59)62-53-54(52-61-55(58)49-46-43-40-37-34-21-18-15-12-9-6-3)63-57(60)51-48-45-42-39-36-33-31-29-27-25-23-20-17-14-11-8-5-2/h7,10,15-16,18-19,24,26,30,32,54H,4-6,8-9,11-14,17,20-23,25,27-29,31,33-53H2,1-3H3/b10-7-,18-15-,19-16-,26-24-,32-30-/t54-/m0/s1. The fraction of sp³-hybridized carbons (Fsp3) is 0.772. The maximum absolute atomic E-state index is 12.8. The highest BCUT2D eigenvalue weighted by molar-refractivity contribution is 5.71. The molecular weight excluding hydrogens is 781 g/mol. The van der Waals surface area contributed by atoms with E-state index in [0.29, 0.717) is 19.3 Å². The summed E-state index contributed by atoms with van der Waals surface area (Å²) >= 11 is 0. The molecule has 0 amide bonds. The topological polar surface area (TPSA) is 78.9 Å². The molecule has 0 aliphatic rings. The van der Waals surface area contributed by atoms with Crippen molar-refractivity contribution < 1.29 is 28.6 Å². The van der Waals surface area contributed by atoms with Crippen LogP contribution in [0.1, 0.15) is 265 Å². The number of rotatable bonds is 48. The molecule has 0 aromatic heterocycles. The summed E-state index contributed by atoms with van der Waals surface area (Å²) < 4.78 is 16.8. The van der Waals surface area contributed by atoms with Crippen LogP contribution >= 0.6 is 0 Å². The second-order valence-electron chi connectivity index (χ2n) is 17.8. The van der Waals surface area contributed by atoms with Crippen molar-refractivity contribution in [2.24, 2.45) is 0 Å². The molecule has 0 unspecified atom stereocenters. The summed E-state index contributed by atoms with van der Waals surface area (Å²) in [7, 11) is 0. The number of carbonyl (C=O) groups excluding carboxylic acids is 3. The van der Waals surface area contributed by atoms with E-state index in [1.807, 2.05) is 0 Å². The summed E-state index contributed by atoms with van der Waals surface area (Å²) in [5.74, 6) is -0.910. The Morgan fingerprint density at radius 1 is 0.333 bits per heavy atom. The van der Waals surface area contributed by atoms with Crippen molar-refractivity contribution in [3.05, 3.63) is 60.8 Å². The van der Waals surface area contributed by atoms with Gasteiger partial charge in [-0.15, -0.1) is 0 Å². The van der Waals surface area contributed by atoms with Gasteiger partial charge in [-0.05, 0) is 77.0 Å². The van der Waals surface area contributed by atoms with Crippen LogP contribution in [0.2, 0.25) is 0 Å². The first-order valence-electron chi connectivity index (χ1n) is 26.8. The van der Waals surface area contributed by atoms with E-state index >= 15 is 0 Å². The Morgan fingerprint density at radius 3 is 1.03 bits per heavy atom. The zero-order chi connectivity index (χ0) is 45.8. The van der Waals surface area contributed by atoms with Gasteiger partial charge in [0.2, 0.25) is 0 Å². The van der Waals surface area contributed by atoms with E-state index in [0.717, 1.165) is 103 Å². The van der Waals surface area contributed by atoms with Gasteiger partial charge in [0.05, 0.1) is 0 Å². The first-order chi connectivity index (χ1) is 31.0. The van der Waals surface area contributed by atoms with E-state index in [-0.39, 0.29) is 31.1 Å². The molecule has 0 saturated carbocycles. The largest absolute Gasteiger partial charge is 0.462 e. The number of carbonyl (C=O) groups is 3. The highest BCUT2D eigenvalue weighted by atomic mass is 16.6. The highest BCUT2D eigenvalue weighted by Crippen LogP contribution is 2.16. The first-order valence-corrected chi connectivity index (χ1v) is 26.8. The van der Waals surface area contributed by atoms with E-state index in [1.54, 1.807) is 0 Å². The number of ether oxygens (including phenoxy) is 3. The first kappa shape index (κ1) is 60.1. The van der Waals surface area contributed by atoms with Crippen LogP contribution in [0, 0.1) is 0 Å². The maximum Gasteiger partial charge on any atom is 0.306 e. The minimum atomic E-state index is -0.785. The maximum atomic E-state index is 12.8. The number of esters is 3. The number of allylic oxidation sites excluding steroid dienone is 10. The Morgan fingerprint density at radius 2 is 0.635 bits per heavy atom. The van der Waals surface area contributed by atoms with Gasteiger partial charge >= 0.3 is 17.9 Å². The fourth-order valence-corrected chi connectivity index (χ4v) is 7.47. The van der Waals surface area contributed by atoms with Crippen molar-refractivity contribution in [1.29, 1.82) is 0 Å². The van der Waals surface area contributed by atoms with Crippen molar-refractivity contribution in [2.75, 3.05) is 13.2 Å². The van der Waals surface area contributed by atoms with Crippen LogP contribution in [0.15, 0.2) is 60.8 Å². The summed E-state index contributed by atoms with van der Waals surface area (Å²) in [6.07, 6.45) is 63.5. The Balaban J connectivity index is 4.38. The molecule has 6 heteroatoms. The quantitative estimate of drug-likeness (QED) is 0.0262. The Bertz CT molecular complexity index is 1150. The minimum absolute atomic E-state index is 0.0848. The van der Waals surface area contributed by atoms with Crippen LogP contribution in [-0.4, -0.2) is 37.2 Å². The Hall–Kier alpha value is -2.89. The van der Waals surface area contributed by atoms with Gasteiger partial charge in [-0.3, -0.25) is 14.4 Å². The van der Waals surface area contributed by atoms with Gasteiger partial charge in [0.15, 0.2) is 6.10 Å². The number of hydrogen-bond acceptors (Lipinski definition) is 6. The van der Waals surface area contributed by atoms with Crippen molar-refractivity contribution >= 4 is 17.9 Å². The second kappa shape index (κ2) is 51.7. The molecule has 0 rings (SSSR count). The summed E-state index contributed by atoms with van der Waals surface area (Å²) in [5, 5.41) is 0. The van der Waals surface area contributed by atoms with Crippen LogP contribution < -0.4 is 0 Å². The van der Waals surface area contributed by atoms with Gasteiger partial charge in [-0.25, -0.2) is 0 Å². The highest BCUT2D eigenvalue weighted by Gasteiger charge is 2.19. The van der Waals surface area contributed by atoms with E-state index < -0.39 is 6.10 Å². The predicted molar refractivity (Wildman–Crippen MR) is 270 cm³/mol. The molecule has 0 fully saturated rings. The van der Waals surface area contributed by atoms with Gasteiger partial charge in [0.1, 0.15) is 13.2 Å². The molecule has 0 bridgehead atoms. The number of hydrogen-bond donors (Lipinski definition) is 0. The second-order valence-corrected chi connectivity index (χ2v) is 17.8. The van der Waals surface area contributed by atoms with Gasteiger partial charge in [-0.1, -0.05) is 229 Å². The van der Waals surface area contributed by atoms with E-state index in [1.165, 1.54) is 122 Å². The van der Waals surface area contributed by atoms with Gasteiger partial charge < -0.3 is 14.2 Å². The normalized spacial score (nSPS) is 12.5. The van der Waals surface area contributed by atoms with Crippen LogP contribution in [0.4, 0.5) is 0 Å². The predicted octanol–water partition coefficient (Wildman–Crippen LogP) is 17.6. The van der Waals surface area contributed by atoms with E-state index in [2.05, 4.69) is 81.5 Å². The van der Waals surface area contributed by atoms with Gasteiger partial charge in [0, 0.05) is 19.3 Å². The molecule has 0 aromatic rings. The lowest BCUT2D eigenvalue weighted by atomic mass is 10.0. The SMILES string of the molecule is CC/C=C\C/C=C\C/C=C\C/C=C\CCCCCCC(=O)OC[C@H](COC(=O)CCCCCCC/C=C\CCCC)OC(=O)CCCCCCCCCCCCCCCCCCC.